The summed E-state index contributed by atoms with van der Waals surface area (Å²) in [4.78, 5) is 11.6. The fourth-order valence-corrected chi connectivity index (χ4v) is 1.66. The number of aromatic amines is 1. The average molecular weight is 223 g/mol. The number of hydrogen-bond acceptors (Lipinski definition) is 2. The van der Waals surface area contributed by atoms with Crippen molar-refractivity contribution >= 4 is 5.91 Å². The summed E-state index contributed by atoms with van der Waals surface area (Å²) in [6, 6.07) is 0. The number of nitrogens with zero attached hydrogens (tertiary/aromatic N) is 1. The first-order valence-corrected chi connectivity index (χ1v) is 5.92. The van der Waals surface area contributed by atoms with Gasteiger partial charge in [0.25, 0.3) is 0 Å². The van der Waals surface area contributed by atoms with Crippen LogP contribution in [0.1, 0.15) is 43.1 Å². The summed E-state index contributed by atoms with van der Waals surface area (Å²) in [5.41, 5.74) is 2.93. The van der Waals surface area contributed by atoms with Crippen molar-refractivity contribution in [1.82, 2.24) is 15.5 Å². The summed E-state index contributed by atoms with van der Waals surface area (Å²) in [7, 11) is 0. The van der Waals surface area contributed by atoms with Crippen molar-refractivity contribution < 1.29 is 4.79 Å². The van der Waals surface area contributed by atoms with Gasteiger partial charge in [-0.1, -0.05) is 19.8 Å². The molecule has 16 heavy (non-hydrogen) atoms. The largest absolute Gasteiger partial charge is 0.356 e. The van der Waals surface area contributed by atoms with Gasteiger partial charge in [-0.2, -0.15) is 5.10 Å². The highest BCUT2D eigenvalue weighted by molar-refractivity contribution is 5.79. The van der Waals surface area contributed by atoms with E-state index in [0.717, 1.165) is 29.9 Å². The molecular weight excluding hydrogens is 202 g/mol. The molecule has 0 radical (unpaired) electrons. The van der Waals surface area contributed by atoms with E-state index in [1.54, 1.807) is 0 Å². The topological polar surface area (TPSA) is 57.8 Å². The molecule has 1 aromatic heterocycles. The van der Waals surface area contributed by atoms with Crippen molar-refractivity contribution in [2.24, 2.45) is 0 Å². The van der Waals surface area contributed by atoms with E-state index in [2.05, 4.69) is 22.4 Å². The Morgan fingerprint density at radius 3 is 2.69 bits per heavy atom. The second kappa shape index (κ2) is 6.30. The van der Waals surface area contributed by atoms with E-state index in [-0.39, 0.29) is 5.91 Å². The standard InChI is InChI=1S/C12H21N3O/c1-4-5-6-7-13-12(16)8-11-9(2)14-15-10(11)3/h4-8H2,1-3H3,(H,13,16)(H,14,15). The van der Waals surface area contributed by atoms with Crippen molar-refractivity contribution in [3.8, 4) is 0 Å². The Morgan fingerprint density at radius 1 is 1.38 bits per heavy atom. The molecule has 2 N–H and O–H groups in total. The number of aromatic nitrogens is 2. The van der Waals surface area contributed by atoms with Gasteiger partial charge in [0.1, 0.15) is 0 Å². The van der Waals surface area contributed by atoms with Crippen LogP contribution in [0, 0.1) is 13.8 Å². The van der Waals surface area contributed by atoms with Gasteiger partial charge < -0.3 is 5.32 Å². The smallest absolute Gasteiger partial charge is 0.224 e. The number of hydrogen-bond donors (Lipinski definition) is 2. The second-order valence-electron chi connectivity index (χ2n) is 4.15. The lowest BCUT2D eigenvalue weighted by Gasteiger charge is -2.04. The molecule has 0 aliphatic rings. The number of rotatable bonds is 6. The van der Waals surface area contributed by atoms with Gasteiger partial charge >= 0.3 is 0 Å². The van der Waals surface area contributed by atoms with Crippen LogP contribution in [-0.4, -0.2) is 22.6 Å². The zero-order chi connectivity index (χ0) is 12.0. The molecule has 1 amide bonds. The Labute approximate surface area is 96.8 Å². The van der Waals surface area contributed by atoms with Gasteiger partial charge in [0.2, 0.25) is 5.91 Å². The maximum absolute atomic E-state index is 11.6. The van der Waals surface area contributed by atoms with E-state index in [4.69, 9.17) is 0 Å². The van der Waals surface area contributed by atoms with E-state index in [1.165, 1.54) is 12.8 Å². The van der Waals surface area contributed by atoms with Crippen LogP contribution in [0.4, 0.5) is 0 Å². The quantitative estimate of drug-likeness (QED) is 0.723. The number of H-pyrrole nitrogens is 1. The minimum Gasteiger partial charge on any atom is -0.356 e. The van der Waals surface area contributed by atoms with Crippen LogP contribution < -0.4 is 5.32 Å². The number of carbonyl (C=O) groups is 1. The molecule has 0 saturated heterocycles. The molecule has 1 heterocycles. The summed E-state index contributed by atoms with van der Waals surface area (Å²) in [5.74, 6) is 0.0868. The third-order valence-corrected chi connectivity index (χ3v) is 2.72. The highest BCUT2D eigenvalue weighted by Gasteiger charge is 2.10. The van der Waals surface area contributed by atoms with Gasteiger partial charge in [-0.05, 0) is 20.3 Å². The number of unbranched alkanes of at least 4 members (excludes halogenated alkanes) is 2. The van der Waals surface area contributed by atoms with Crippen LogP contribution in [0.3, 0.4) is 0 Å². The number of nitrogens with one attached hydrogen (secondary N) is 2. The molecule has 4 heteroatoms. The molecule has 0 aliphatic carbocycles. The van der Waals surface area contributed by atoms with Crippen LogP contribution in [0.5, 0.6) is 0 Å². The van der Waals surface area contributed by atoms with Crippen molar-refractivity contribution in [3.05, 3.63) is 17.0 Å². The predicted octanol–water partition coefficient (Wildman–Crippen LogP) is 1.88. The maximum Gasteiger partial charge on any atom is 0.224 e. The molecule has 0 spiro atoms. The van der Waals surface area contributed by atoms with Crippen LogP contribution in [0.25, 0.3) is 0 Å². The van der Waals surface area contributed by atoms with Gasteiger partial charge in [-0.15, -0.1) is 0 Å². The Kier molecular flexibility index (Phi) is 5.02. The Morgan fingerprint density at radius 2 is 2.12 bits per heavy atom. The van der Waals surface area contributed by atoms with Crippen LogP contribution in [-0.2, 0) is 11.2 Å². The first-order chi connectivity index (χ1) is 7.65. The van der Waals surface area contributed by atoms with Crippen LogP contribution in [0.2, 0.25) is 0 Å². The lowest BCUT2D eigenvalue weighted by Crippen LogP contribution is -2.26. The average Bonchev–Trinajstić information content (AvgIpc) is 2.56. The summed E-state index contributed by atoms with van der Waals surface area (Å²) >= 11 is 0. The number of amides is 1. The van der Waals surface area contributed by atoms with Crippen LogP contribution >= 0.6 is 0 Å². The molecular formula is C12H21N3O. The third-order valence-electron chi connectivity index (χ3n) is 2.72. The molecule has 0 aliphatic heterocycles. The monoisotopic (exact) mass is 223 g/mol. The van der Waals surface area contributed by atoms with Crippen LogP contribution in [0.15, 0.2) is 0 Å². The lowest BCUT2D eigenvalue weighted by atomic mass is 10.1. The van der Waals surface area contributed by atoms with Gasteiger partial charge in [0, 0.05) is 17.8 Å². The highest BCUT2D eigenvalue weighted by Crippen LogP contribution is 2.09. The molecule has 4 nitrogen and oxygen atoms in total. The van der Waals surface area contributed by atoms with E-state index in [0.29, 0.717) is 6.42 Å². The van der Waals surface area contributed by atoms with Gasteiger partial charge in [0.05, 0.1) is 12.1 Å². The predicted molar refractivity (Wildman–Crippen MR) is 64.3 cm³/mol. The Hall–Kier alpha value is -1.32. The minimum atomic E-state index is 0.0868. The van der Waals surface area contributed by atoms with E-state index < -0.39 is 0 Å². The summed E-state index contributed by atoms with van der Waals surface area (Å²) in [6.07, 6.45) is 3.84. The van der Waals surface area contributed by atoms with Gasteiger partial charge in [-0.3, -0.25) is 9.89 Å². The highest BCUT2D eigenvalue weighted by atomic mass is 16.1. The Bertz CT molecular complexity index is 325. The normalized spacial score (nSPS) is 10.4. The molecule has 0 bridgehead atoms. The van der Waals surface area contributed by atoms with Gasteiger partial charge in [-0.25, -0.2) is 0 Å². The molecule has 90 valence electrons. The zero-order valence-electron chi connectivity index (χ0n) is 10.4. The first kappa shape index (κ1) is 12.7. The molecule has 0 aromatic carbocycles. The lowest BCUT2D eigenvalue weighted by molar-refractivity contribution is -0.120. The summed E-state index contributed by atoms with van der Waals surface area (Å²) in [6.45, 7) is 6.80. The van der Waals surface area contributed by atoms with E-state index >= 15 is 0 Å². The molecule has 0 unspecified atom stereocenters. The fourth-order valence-electron chi connectivity index (χ4n) is 1.66. The maximum atomic E-state index is 11.6. The third kappa shape index (κ3) is 3.68. The van der Waals surface area contributed by atoms with E-state index in [9.17, 15) is 4.79 Å². The summed E-state index contributed by atoms with van der Waals surface area (Å²) in [5, 5.41) is 9.89. The zero-order valence-corrected chi connectivity index (χ0v) is 10.4. The Balaban J connectivity index is 2.34. The SMILES string of the molecule is CCCCCNC(=O)Cc1c(C)n[nH]c1C. The molecule has 1 rings (SSSR count). The van der Waals surface area contributed by atoms with Crippen molar-refractivity contribution in [2.45, 2.75) is 46.5 Å². The fraction of sp³-hybridized carbons (Fsp3) is 0.667. The number of carbonyl (C=O) groups excluding carboxylic acids is 1. The molecule has 1 aromatic rings. The molecule has 0 atom stereocenters. The number of aryl methyl sites for hydroxylation is 2. The minimum absolute atomic E-state index is 0.0868. The molecule has 0 fully saturated rings. The van der Waals surface area contributed by atoms with Crippen molar-refractivity contribution in [3.63, 3.8) is 0 Å². The summed E-state index contributed by atoms with van der Waals surface area (Å²) < 4.78 is 0. The van der Waals surface area contributed by atoms with Crippen molar-refractivity contribution in [2.75, 3.05) is 6.54 Å². The van der Waals surface area contributed by atoms with Crippen molar-refractivity contribution in [1.29, 1.82) is 0 Å². The van der Waals surface area contributed by atoms with Gasteiger partial charge in [0.15, 0.2) is 0 Å². The first-order valence-electron chi connectivity index (χ1n) is 5.92. The second-order valence-corrected chi connectivity index (χ2v) is 4.15. The molecule has 0 saturated carbocycles. The van der Waals surface area contributed by atoms with E-state index in [1.807, 2.05) is 13.8 Å².